The fourth-order valence-electron chi connectivity index (χ4n) is 2.91. The third-order valence-electron chi connectivity index (χ3n) is 3.63. The third kappa shape index (κ3) is 1.34. The van der Waals surface area contributed by atoms with E-state index in [2.05, 4.69) is 18.3 Å². The molecular formula is C12H17NO2. The fraction of sp³-hybridized carbons (Fsp3) is 0.667. The van der Waals surface area contributed by atoms with Gasteiger partial charge in [0.25, 0.3) is 0 Å². The molecule has 1 aromatic heterocycles. The van der Waals surface area contributed by atoms with Crippen LogP contribution in [0.4, 0.5) is 0 Å². The summed E-state index contributed by atoms with van der Waals surface area (Å²) in [4.78, 5) is 0. The molecule has 1 aromatic rings. The first-order valence-corrected chi connectivity index (χ1v) is 5.77. The zero-order chi connectivity index (χ0) is 10.3. The largest absolute Gasteiger partial charge is 0.469 e. The van der Waals surface area contributed by atoms with Crippen molar-refractivity contribution in [3.05, 3.63) is 23.7 Å². The van der Waals surface area contributed by atoms with Crippen molar-refractivity contribution in [2.45, 2.75) is 37.8 Å². The van der Waals surface area contributed by atoms with Crippen molar-refractivity contribution >= 4 is 0 Å². The molecule has 1 aliphatic carbocycles. The van der Waals surface area contributed by atoms with E-state index in [0.29, 0.717) is 6.10 Å². The van der Waals surface area contributed by atoms with Gasteiger partial charge in [-0.15, -0.1) is 0 Å². The molecule has 0 amide bonds. The minimum Gasteiger partial charge on any atom is -0.469 e. The fourth-order valence-corrected chi connectivity index (χ4v) is 2.91. The smallest absolute Gasteiger partial charge is 0.110 e. The summed E-state index contributed by atoms with van der Waals surface area (Å²) in [6.45, 7) is 3.90. The van der Waals surface area contributed by atoms with E-state index < -0.39 is 0 Å². The van der Waals surface area contributed by atoms with Gasteiger partial charge in [-0.25, -0.2) is 0 Å². The number of fused-ring (bicyclic) bond motifs is 2. The molecule has 1 N–H and O–H groups in total. The Morgan fingerprint density at radius 3 is 3.27 bits per heavy atom. The van der Waals surface area contributed by atoms with Gasteiger partial charge in [-0.3, -0.25) is 0 Å². The van der Waals surface area contributed by atoms with Gasteiger partial charge in [-0.2, -0.15) is 0 Å². The highest BCUT2D eigenvalue weighted by Gasteiger charge is 2.49. The molecule has 0 saturated heterocycles. The van der Waals surface area contributed by atoms with Crippen molar-refractivity contribution in [1.29, 1.82) is 0 Å². The topological polar surface area (TPSA) is 34.4 Å². The van der Waals surface area contributed by atoms with Gasteiger partial charge in [0, 0.05) is 25.1 Å². The zero-order valence-electron chi connectivity index (χ0n) is 9.08. The van der Waals surface area contributed by atoms with Crippen LogP contribution in [0.1, 0.15) is 31.1 Å². The van der Waals surface area contributed by atoms with E-state index in [1.807, 2.05) is 6.26 Å². The maximum absolute atomic E-state index is 5.63. The summed E-state index contributed by atoms with van der Waals surface area (Å²) in [5, 5.41) is 3.62. The van der Waals surface area contributed by atoms with Gasteiger partial charge in [0.15, 0.2) is 0 Å². The number of furan rings is 1. The van der Waals surface area contributed by atoms with Crippen molar-refractivity contribution in [3.63, 3.8) is 0 Å². The minimum atomic E-state index is 0.167. The predicted molar refractivity (Wildman–Crippen MR) is 56.7 cm³/mol. The average Bonchev–Trinajstić information content (AvgIpc) is 2.64. The van der Waals surface area contributed by atoms with Crippen LogP contribution in [0.15, 0.2) is 16.7 Å². The Balaban J connectivity index is 1.80. The molecule has 2 aliphatic rings. The highest BCUT2D eigenvalue weighted by atomic mass is 16.5. The normalized spacial score (nSPS) is 33.8. The van der Waals surface area contributed by atoms with Crippen LogP contribution in [0.3, 0.4) is 0 Å². The summed E-state index contributed by atoms with van der Waals surface area (Å²) in [6.07, 6.45) is 5.45. The number of hydrogen-bond acceptors (Lipinski definition) is 3. The summed E-state index contributed by atoms with van der Waals surface area (Å²) in [5.74, 6) is 1.17. The molecule has 15 heavy (non-hydrogen) atoms. The van der Waals surface area contributed by atoms with Gasteiger partial charge in [0.1, 0.15) is 5.76 Å². The molecule has 1 spiro atoms. The third-order valence-corrected chi connectivity index (χ3v) is 3.63. The zero-order valence-corrected chi connectivity index (χ0v) is 9.08. The second kappa shape index (κ2) is 3.35. The summed E-state index contributed by atoms with van der Waals surface area (Å²) in [7, 11) is 0. The van der Waals surface area contributed by atoms with Crippen LogP contribution in [0.2, 0.25) is 0 Å². The molecule has 3 nitrogen and oxygen atoms in total. The summed E-state index contributed by atoms with van der Waals surface area (Å²) in [5.41, 5.74) is 1.53. The molecule has 3 rings (SSSR count). The van der Waals surface area contributed by atoms with Gasteiger partial charge in [0.2, 0.25) is 0 Å². The first-order chi connectivity index (χ1) is 7.34. The lowest BCUT2D eigenvalue weighted by molar-refractivity contribution is -0.0563. The Morgan fingerprint density at radius 2 is 2.47 bits per heavy atom. The Hall–Kier alpha value is -0.800. The van der Waals surface area contributed by atoms with Crippen LogP contribution in [0, 0.1) is 0 Å². The van der Waals surface area contributed by atoms with Gasteiger partial charge in [0.05, 0.1) is 17.9 Å². The Labute approximate surface area is 89.8 Å². The first kappa shape index (κ1) is 9.43. The molecule has 2 heterocycles. The van der Waals surface area contributed by atoms with Crippen molar-refractivity contribution in [2.24, 2.45) is 0 Å². The lowest BCUT2D eigenvalue weighted by Crippen LogP contribution is -2.58. The monoisotopic (exact) mass is 207 g/mol. The summed E-state index contributed by atoms with van der Waals surface area (Å²) < 4.78 is 11.1. The van der Waals surface area contributed by atoms with Crippen LogP contribution >= 0.6 is 0 Å². The van der Waals surface area contributed by atoms with Crippen molar-refractivity contribution in [3.8, 4) is 0 Å². The minimum absolute atomic E-state index is 0.167. The van der Waals surface area contributed by atoms with E-state index in [4.69, 9.17) is 9.15 Å². The quantitative estimate of drug-likeness (QED) is 0.803. The SMILES string of the molecule is CCOC1CC2(C1)NCCc1occc12. The van der Waals surface area contributed by atoms with Crippen LogP contribution in [0.5, 0.6) is 0 Å². The average molecular weight is 207 g/mol. The highest BCUT2D eigenvalue weighted by Crippen LogP contribution is 2.46. The molecule has 0 atom stereocenters. The van der Waals surface area contributed by atoms with E-state index in [9.17, 15) is 0 Å². The van der Waals surface area contributed by atoms with Gasteiger partial charge >= 0.3 is 0 Å². The molecule has 0 radical (unpaired) electrons. The molecule has 3 heteroatoms. The summed E-state index contributed by atoms with van der Waals surface area (Å²) in [6, 6.07) is 2.11. The first-order valence-electron chi connectivity index (χ1n) is 5.77. The van der Waals surface area contributed by atoms with Crippen LogP contribution in [-0.4, -0.2) is 19.3 Å². The Kier molecular flexibility index (Phi) is 2.11. The van der Waals surface area contributed by atoms with E-state index in [1.165, 1.54) is 11.3 Å². The van der Waals surface area contributed by atoms with Crippen molar-refractivity contribution in [2.75, 3.05) is 13.2 Å². The van der Waals surface area contributed by atoms with Crippen molar-refractivity contribution < 1.29 is 9.15 Å². The summed E-state index contributed by atoms with van der Waals surface area (Å²) >= 11 is 0. The van der Waals surface area contributed by atoms with E-state index in [-0.39, 0.29) is 5.54 Å². The lowest BCUT2D eigenvalue weighted by Gasteiger charge is -2.49. The molecule has 82 valence electrons. The Bertz CT molecular complexity index is 352. The molecule has 0 aromatic carbocycles. The van der Waals surface area contributed by atoms with Crippen molar-refractivity contribution in [1.82, 2.24) is 5.32 Å². The van der Waals surface area contributed by atoms with Gasteiger partial charge < -0.3 is 14.5 Å². The molecule has 1 saturated carbocycles. The predicted octanol–water partition coefficient (Wildman–Crippen LogP) is 1.82. The number of nitrogens with one attached hydrogen (secondary N) is 1. The second-order valence-electron chi connectivity index (χ2n) is 4.50. The number of rotatable bonds is 2. The molecule has 1 aliphatic heterocycles. The maximum atomic E-state index is 5.63. The maximum Gasteiger partial charge on any atom is 0.110 e. The van der Waals surface area contributed by atoms with E-state index in [1.54, 1.807) is 0 Å². The number of hydrogen-bond donors (Lipinski definition) is 1. The van der Waals surface area contributed by atoms with E-state index in [0.717, 1.165) is 32.4 Å². The van der Waals surface area contributed by atoms with Crippen LogP contribution in [-0.2, 0) is 16.7 Å². The molecule has 1 fully saturated rings. The van der Waals surface area contributed by atoms with Crippen LogP contribution < -0.4 is 5.32 Å². The number of ether oxygens (including phenoxy) is 1. The second-order valence-corrected chi connectivity index (χ2v) is 4.50. The molecular weight excluding hydrogens is 190 g/mol. The lowest BCUT2D eigenvalue weighted by atomic mass is 9.68. The standard InChI is InChI=1S/C12H17NO2/c1-2-14-9-7-12(8-9)10-4-6-15-11(10)3-5-13-12/h4,6,9,13H,2-3,5,7-8H2,1H3. The molecule has 0 unspecified atom stereocenters. The van der Waals surface area contributed by atoms with Gasteiger partial charge in [-0.05, 0) is 25.8 Å². The van der Waals surface area contributed by atoms with Gasteiger partial charge in [-0.1, -0.05) is 0 Å². The van der Waals surface area contributed by atoms with Crippen LogP contribution in [0.25, 0.3) is 0 Å². The highest BCUT2D eigenvalue weighted by molar-refractivity contribution is 5.33. The van der Waals surface area contributed by atoms with E-state index >= 15 is 0 Å². The Morgan fingerprint density at radius 1 is 1.60 bits per heavy atom. The molecule has 0 bridgehead atoms.